The lowest BCUT2D eigenvalue weighted by Gasteiger charge is -2.29. The fraction of sp³-hybridized carbons (Fsp3) is 0.211. The Morgan fingerprint density at radius 3 is 1.21 bits per heavy atom. The van der Waals surface area contributed by atoms with Crippen molar-refractivity contribution in [2.24, 2.45) is 11.8 Å². The van der Waals surface area contributed by atoms with Crippen LogP contribution >= 0.6 is 90.5 Å². The Labute approximate surface area is 569 Å². The maximum Gasteiger partial charge on any atom is 0.125 e. The van der Waals surface area contributed by atoms with E-state index < -0.39 is 12.2 Å². The summed E-state index contributed by atoms with van der Waals surface area (Å²) in [5.74, 6) is 3.58. The zero-order chi connectivity index (χ0) is 62.2. The van der Waals surface area contributed by atoms with Crippen molar-refractivity contribution < 1.29 is 39.4 Å². The second-order valence-corrected chi connectivity index (χ2v) is 29.8. The van der Waals surface area contributed by atoms with Crippen molar-refractivity contribution in [1.82, 2.24) is 0 Å². The maximum absolute atomic E-state index is 12.1. The van der Waals surface area contributed by atoms with Gasteiger partial charge in [-0.3, -0.25) is 0 Å². The van der Waals surface area contributed by atoms with E-state index in [9.17, 15) is 20.4 Å². The molecule has 0 saturated carbocycles. The Balaban J connectivity index is 0.000000179. The predicted molar refractivity (Wildman–Crippen MR) is 386 cm³/mol. The quantitative estimate of drug-likeness (QED) is 0.111. The summed E-state index contributed by atoms with van der Waals surface area (Å²) >= 11 is 11.7. The summed E-state index contributed by atoms with van der Waals surface area (Å²) in [6.45, 7) is 0. The van der Waals surface area contributed by atoms with E-state index in [2.05, 4.69) is 202 Å². The van der Waals surface area contributed by atoms with E-state index in [1.165, 1.54) is 24.4 Å². The Hall–Kier alpha value is -6.74. The largest absolute Gasteiger partial charge is 0.507 e. The molecule has 4 heterocycles. The molecule has 8 nitrogen and oxygen atoms in total. The number of ether oxygens (including phenoxy) is 4. The predicted octanol–water partition coefficient (Wildman–Crippen LogP) is 18.5. The van der Waals surface area contributed by atoms with E-state index >= 15 is 0 Å². The highest BCUT2D eigenvalue weighted by atomic mass is 127. The number of fused-ring (bicyclic) bond motifs is 16. The zero-order valence-electron chi connectivity index (χ0n) is 50.1. The number of methoxy groups -OCH3 is 4. The van der Waals surface area contributed by atoms with Crippen molar-refractivity contribution in [3.05, 3.63) is 271 Å². The number of rotatable bonds is 8. The van der Waals surface area contributed by atoms with Crippen LogP contribution in [0, 0.1) is 15.4 Å². The number of halogens is 2. The van der Waals surface area contributed by atoms with Crippen molar-refractivity contribution in [2.45, 2.75) is 63.6 Å². The molecule has 0 amide bonds. The van der Waals surface area contributed by atoms with Gasteiger partial charge in [0.15, 0.2) is 0 Å². The van der Waals surface area contributed by atoms with Gasteiger partial charge in [-0.05, 0) is 237 Å². The number of hydrogen-bond acceptors (Lipinski definition) is 12. The van der Waals surface area contributed by atoms with Gasteiger partial charge in [0.25, 0.3) is 0 Å². The first kappa shape index (κ1) is 62.1. The lowest BCUT2D eigenvalue weighted by Crippen LogP contribution is -2.27. The van der Waals surface area contributed by atoms with Gasteiger partial charge in [0.1, 0.15) is 34.5 Å². The van der Waals surface area contributed by atoms with Crippen molar-refractivity contribution >= 4 is 96.1 Å². The van der Waals surface area contributed by atoms with Gasteiger partial charge < -0.3 is 39.4 Å². The first-order valence-electron chi connectivity index (χ1n) is 29.9. The molecule has 4 aromatic heterocycles. The second kappa shape index (κ2) is 27.2. The molecule has 0 radical (unpaired) electrons. The van der Waals surface area contributed by atoms with Crippen LogP contribution in [0.1, 0.15) is 71.6 Å². The molecule has 14 rings (SSSR count). The number of thiophene rings is 4. The van der Waals surface area contributed by atoms with Crippen LogP contribution < -0.4 is 18.9 Å². The van der Waals surface area contributed by atoms with Crippen LogP contribution in [-0.4, -0.2) is 61.1 Å². The highest BCUT2D eigenvalue weighted by molar-refractivity contribution is 14.1. The van der Waals surface area contributed by atoms with E-state index in [-0.39, 0.29) is 11.8 Å². The number of aliphatic hydroxyl groups excluding tert-OH is 2. The second-order valence-electron chi connectivity index (χ2n) is 23.2. The number of aromatic hydroxyl groups is 2. The average Bonchev–Trinajstić information content (AvgIpc) is 3.47. The molecule has 4 aliphatic carbocycles. The molecule has 90 heavy (non-hydrogen) atoms. The third-order valence-corrected chi connectivity index (χ3v) is 23.3. The molecule has 16 bridgehead atoms. The monoisotopic (exact) mass is 1490 g/mol. The smallest absolute Gasteiger partial charge is 0.125 e. The summed E-state index contributed by atoms with van der Waals surface area (Å²) in [6.07, 6.45) is 11.8. The zero-order valence-corrected chi connectivity index (χ0v) is 57.7. The molecule has 456 valence electrons. The van der Waals surface area contributed by atoms with Crippen LogP contribution in [0.5, 0.6) is 34.5 Å². The Morgan fingerprint density at radius 2 is 0.767 bits per heavy atom. The summed E-state index contributed by atoms with van der Waals surface area (Å²) < 4.78 is 26.4. The van der Waals surface area contributed by atoms with Crippen LogP contribution in [0.2, 0.25) is 0 Å². The minimum absolute atomic E-state index is 0.0687. The number of phenols is 2. The number of benzene rings is 6. The van der Waals surface area contributed by atoms with Crippen molar-refractivity contribution in [2.75, 3.05) is 28.4 Å². The topological polar surface area (TPSA) is 118 Å². The van der Waals surface area contributed by atoms with E-state index in [1.54, 1.807) is 73.8 Å². The highest BCUT2D eigenvalue weighted by Crippen LogP contribution is 2.46. The number of allylic oxidation sites excluding steroid dienone is 4. The van der Waals surface area contributed by atoms with E-state index in [4.69, 9.17) is 18.9 Å². The summed E-state index contributed by atoms with van der Waals surface area (Å²) in [5, 5.41) is 51.1. The van der Waals surface area contributed by atoms with Gasteiger partial charge in [0, 0.05) is 73.9 Å². The normalized spacial score (nSPS) is 17.8. The molecule has 4 aliphatic rings. The molecular formula is C76H66I2O8S4. The number of phenolic OH excluding ortho intramolecular Hbond substituents is 2. The van der Waals surface area contributed by atoms with Gasteiger partial charge in [-0.15, -0.1) is 45.3 Å². The number of para-hydroxylation sites is 4. The summed E-state index contributed by atoms with van der Waals surface area (Å²) in [7, 11) is 6.83. The SMILES string of the molecule is COc1c2cccc1Cc1cc(-c3ccc(-c4cccs4)s3)cc(c1O)Cc1cccc(c1OC)C[C@@H]1C=C(c3ccc(-c4cccs4)s3)C=C(C2)[C@@H]1O.COc1c2cccc1Cc1cc(I)cc(c1O)Cc1cccc(c1OC)C[C@@H]1C=C(I)C=C(C2)[C@@H]1O. The summed E-state index contributed by atoms with van der Waals surface area (Å²) in [6, 6.07) is 50.5. The standard InChI is InChI=1S/C46H38O4S4.C30H28I2O4/c1-49-45-27-7-3-8-28(45)20-34-24-32(38-14-16-42(54-38)40-12-6-18-52-40)26-36(44(34)48)22-30-10-4-9-29(46(30)50-2)21-35-25-31(23-33(19-27)43(35)47)37-13-15-41(53-37)39-11-5-17-51-39;1-35-29-17-5-3-6-18(29)10-22-14-26(32)16-24(28(22)34)12-20-8-4-7-19(30(20)36-2)11-23-15-25(31)13-21(9-17)27(23)33/h3-18,23-26,33,43,47-48H,19-22H2,1-2H3;3-8,13-16,21,27,33-34H,9-12H2,1-2H3/t33-,43-;21-,27-/m11/s1. The molecular weight excluding hydrogens is 1420 g/mol. The lowest BCUT2D eigenvalue weighted by molar-refractivity contribution is 0.159. The van der Waals surface area contributed by atoms with Crippen molar-refractivity contribution in [1.29, 1.82) is 0 Å². The third-order valence-electron chi connectivity index (χ3n) is 17.6. The highest BCUT2D eigenvalue weighted by Gasteiger charge is 2.32. The van der Waals surface area contributed by atoms with Crippen LogP contribution in [0.25, 0.3) is 35.5 Å². The van der Waals surface area contributed by atoms with Crippen molar-refractivity contribution in [3.63, 3.8) is 0 Å². The molecule has 0 spiro atoms. The first-order valence-corrected chi connectivity index (χ1v) is 35.5. The fourth-order valence-corrected chi connectivity index (χ4v) is 18.7. The first-order chi connectivity index (χ1) is 43.8. The molecule has 14 heteroatoms. The van der Waals surface area contributed by atoms with E-state index in [1.807, 2.05) is 24.3 Å². The molecule has 4 N–H and O–H groups in total. The van der Waals surface area contributed by atoms with Crippen LogP contribution in [0.15, 0.2) is 195 Å². The van der Waals surface area contributed by atoms with Crippen molar-refractivity contribution in [3.8, 4) is 64.4 Å². The van der Waals surface area contributed by atoms with Gasteiger partial charge in [-0.25, -0.2) is 0 Å². The molecule has 0 aliphatic heterocycles. The Morgan fingerprint density at radius 1 is 0.389 bits per heavy atom. The molecule has 6 aromatic carbocycles. The summed E-state index contributed by atoms with van der Waals surface area (Å²) in [4.78, 5) is 7.32. The Bertz CT molecular complexity index is 4430. The summed E-state index contributed by atoms with van der Waals surface area (Å²) in [5.41, 5.74) is 15.7. The fourth-order valence-electron chi connectivity index (χ4n) is 13.4. The third kappa shape index (κ3) is 12.9. The van der Waals surface area contributed by atoms with Crippen LogP contribution in [0.4, 0.5) is 0 Å². The lowest BCUT2D eigenvalue weighted by atomic mass is 9.80. The van der Waals surface area contributed by atoms with E-state index in [0.717, 1.165) is 124 Å². The minimum Gasteiger partial charge on any atom is -0.507 e. The maximum atomic E-state index is 12.1. The number of aliphatic hydroxyl groups is 2. The van der Waals surface area contributed by atoms with Gasteiger partial charge in [-0.1, -0.05) is 103 Å². The minimum atomic E-state index is -0.690. The molecule has 10 aromatic rings. The van der Waals surface area contributed by atoms with Gasteiger partial charge in [0.2, 0.25) is 0 Å². The molecule has 0 saturated heterocycles. The van der Waals surface area contributed by atoms with Crippen LogP contribution in [0.3, 0.4) is 0 Å². The molecule has 0 unspecified atom stereocenters. The molecule has 0 fully saturated rings. The van der Waals surface area contributed by atoms with Gasteiger partial charge >= 0.3 is 0 Å². The Kier molecular flexibility index (Phi) is 18.8. The van der Waals surface area contributed by atoms with Crippen LogP contribution in [-0.2, 0) is 51.4 Å². The average molecular weight is 1490 g/mol. The number of hydrogen-bond donors (Lipinski definition) is 4. The molecule has 4 atom stereocenters. The van der Waals surface area contributed by atoms with Gasteiger partial charge in [-0.2, -0.15) is 0 Å². The van der Waals surface area contributed by atoms with E-state index in [0.29, 0.717) is 62.9 Å². The van der Waals surface area contributed by atoms with Gasteiger partial charge in [0.05, 0.1) is 40.6 Å².